The molecule has 56 valence electrons. The molecule has 0 amide bonds. The first-order chi connectivity index (χ1) is 4.70. The smallest absolute Gasteiger partial charge is 0.0831 e. The third-order valence-electron chi connectivity index (χ3n) is 0.868. The Labute approximate surface area is 66.3 Å². The molecule has 0 unspecified atom stereocenters. The van der Waals surface area contributed by atoms with Gasteiger partial charge in [0.05, 0.1) is 17.5 Å². The molecule has 0 heterocycles. The second-order valence-electron chi connectivity index (χ2n) is 2.16. The molecule has 0 aliphatic carbocycles. The van der Waals surface area contributed by atoms with Crippen LogP contribution < -0.4 is 0 Å². The minimum absolute atomic E-state index is 0.302. The molecule has 0 atom stereocenters. The fourth-order valence-electron chi connectivity index (χ4n) is 0.526. The normalized spacial score (nSPS) is 11.7. The molecule has 10 heavy (non-hydrogen) atoms. The molecule has 0 saturated carbocycles. The number of aliphatic imine (C=N–C) groups is 1. The summed E-state index contributed by atoms with van der Waals surface area (Å²) in [5.74, 6) is 0. The maximum absolute atomic E-state index is 8.34. The van der Waals surface area contributed by atoms with E-state index in [-0.39, 0.29) is 0 Å². The van der Waals surface area contributed by atoms with E-state index in [1.807, 2.05) is 20.1 Å². The van der Waals surface area contributed by atoms with E-state index < -0.39 is 0 Å². The zero-order valence-corrected chi connectivity index (χ0v) is 7.40. The van der Waals surface area contributed by atoms with E-state index >= 15 is 0 Å². The molecule has 0 N–H and O–H groups in total. The summed E-state index contributed by atoms with van der Waals surface area (Å²) in [5.41, 5.74) is 0. The molecule has 0 rings (SSSR count). The van der Waals surface area contributed by atoms with Gasteiger partial charge in [0.25, 0.3) is 0 Å². The van der Waals surface area contributed by atoms with Crippen molar-refractivity contribution in [3.8, 4) is 6.07 Å². The van der Waals surface area contributed by atoms with Gasteiger partial charge in [0.15, 0.2) is 0 Å². The van der Waals surface area contributed by atoms with Gasteiger partial charge in [-0.15, -0.1) is 11.8 Å². The molecule has 0 aromatic carbocycles. The highest BCUT2D eigenvalue weighted by Crippen LogP contribution is 2.04. The van der Waals surface area contributed by atoms with Gasteiger partial charge in [-0.25, -0.2) is 0 Å². The maximum Gasteiger partial charge on any atom is 0.0831 e. The molecular weight excluding hydrogens is 144 g/mol. The Balaban J connectivity index is 3.94. The number of thioether (sulfide) groups is 1. The van der Waals surface area contributed by atoms with Crippen LogP contribution in [0, 0.1) is 11.3 Å². The van der Waals surface area contributed by atoms with Crippen molar-refractivity contribution in [1.82, 2.24) is 0 Å². The van der Waals surface area contributed by atoms with Crippen LogP contribution in [0.15, 0.2) is 4.99 Å². The van der Waals surface area contributed by atoms with Gasteiger partial charge in [0.1, 0.15) is 0 Å². The van der Waals surface area contributed by atoms with Crippen LogP contribution in [0.25, 0.3) is 0 Å². The van der Waals surface area contributed by atoms with Gasteiger partial charge in [0, 0.05) is 6.04 Å². The van der Waals surface area contributed by atoms with E-state index in [0.717, 1.165) is 5.04 Å². The molecule has 0 spiro atoms. The second kappa shape index (κ2) is 5.31. The summed E-state index contributed by atoms with van der Waals surface area (Å²) in [6.45, 7) is 4.02. The van der Waals surface area contributed by atoms with Gasteiger partial charge < -0.3 is 0 Å². The highest BCUT2D eigenvalue weighted by Gasteiger charge is 1.95. The van der Waals surface area contributed by atoms with E-state index in [2.05, 4.69) is 11.1 Å². The predicted octanol–water partition coefficient (Wildman–Crippen LogP) is 2.07. The molecule has 0 radical (unpaired) electrons. The van der Waals surface area contributed by atoms with Crippen LogP contribution in [0.2, 0.25) is 0 Å². The first-order valence-electron chi connectivity index (χ1n) is 3.18. The molecular formula is C7H12N2S. The molecule has 0 fully saturated rings. The average Bonchev–Trinajstić information content (AvgIpc) is 1.86. The van der Waals surface area contributed by atoms with Gasteiger partial charge in [-0.1, -0.05) is 0 Å². The summed E-state index contributed by atoms with van der Waals surface area (Å²) in [6.07, 6.45) is 2.39. The molecule has 0 aliphatic heterocycles. The van der Waals surface area contributed by atoms with Crippen molar-refractivity contribution in [3.05, 3.63) is 0 Å². The molecule has 0 aromatic rings. The summed E-state index contributed by atoms with van der Waals surface area (Å²) in [7, 11) is 0. The van der Waals surface area contributed by atoms with Crippen molar-refractivity contribution < 1.29 is 0 Å². The van der Waals surface area contributed by atoms with Crippen molar-refractivity contribution >= 4 is 16.8 Å². The molecule has 0 bridgehead atoms. The Bertz CT molecular complexity index is 155. The van der Waals surface area contributed by atoms with E-state index in [9.17, 15) is 0 Å². The van der Waals surface area contributed by atoms with Gasteiger partial charge in [-0.2, -0.15) is 5.26 Å². The van der Waals surface area contributed by atoms with Crippen molar-refractivity contribution in [1.29, 1.82) is 5.26 Å². The molecule has 3 heteroatoms. The Hall–Kier alpha value is -0.490. The van der Waals surface area contributed by atoms with Crippen LogP contribution in [0.1, 0.15) is 20.3 Å². The monoisotopic (exact) mass is 156 g/mol. The number of hydrogen-bond donors (Lipinski definition) is 0. The fourth-order valence-corrected chi connectivity index (χ4v) is 1.05. The summed E-state index contributed by atoms with van der Waals surface area (Å²) >= 11 is 1.55. The zero-order chi connectivity index (χ0) is 7.98. The molecule has 0 aliphatic rings. The summed E-state index contributed by atoms with van der Waals surface area (Å²) in [5, 5.41) is 9.26. The van der Waals surface area contributed by atoms with E-state index in [4.69, 9.17) is 5.26 Å². The first kappa shape index (κ1) is 9.51. The van der Waals surface area contributed by atoms with Crippen molar-refractivity contribution in [2.24, 2.45) is 4.99 Å². The van der Waals surface area contributed by atoms with Gasteiger partial charge in [-0.05, 0) is 20.1 Å². The maximum atomic E-state index is 8.34. The lowest BCUT2D eigenvalue weighted by molar-refractivity contribution is 0.837. The summed E-state index contributed by atoms with van der Waals surface area (Å²) in [6, 6.07) is 2.37. The Morgan fingerprint density at radius 3 is 2.60 bits per heavy atom. The van der Waals surface area contributed by atoms with E-state index in [1.165, 1.54) is 0 Å². The third kappa shape index (κ3) is 4.39. The lowest BCUT2D eigenvalue weighted by Gasteiger charge is -1.99. The van der Waals surface area contributed by atoms with Gasteiger partial charge >= 0.3 is 0 Å². The standard InChI is InChI=1S/C7H12N2S/c1-6(2)9-7(10-3)4-5-8/h6H,4H2,1-3H3. The Morgan fingerprint density at radius 2 is 2.30 bits per heavy atom. The largest absolute Gasteiger partial charge is 0.279 e. The highest BCUT2D eigenvalue weighted by atomic mass is 32.2. The SMILES string of the molecule is CSC(CC#N)=NC(C)C. The van der Waals surface area contributed by atoms with Crippen LogP contribution in [-0.2, 0) is 0 Å². The molecule has 0 saturated heterocycles. The summed E-state index contributed by atoms with van der Waals surface area (Å²) in [4.78, 5) is 4.24. The van der Waals surface area contributed by atoms with Gasteiger partial charge in [0.2, 0.25) is 0 Å². The number of nitrogens with zero attached hydrogens (tertiary/aromatic N) is 2. The van der Waals surface area contributed by atoms with Crippen molar-refractivity contribution in [3.63, 3.8) is 0 Å². The Kier molecular flexibility index (Phi) is 5.05. The lowest BCUT2D eigenvalue weighted by atomic mass is 10.4. The van der Waals surface area contributed by atoms with Crippen LogP contribution in [0.5, 0.6) is 0 Å². The predicted molar refractivity (Wildman–Crippen MR) is 46.3 cm³/mol. The topological polar surface area (TPSA) is 36.1 Å². The van der Waals surface area contributed by atoms with Crippen molar-refractivity contribution in [2.75, 3.05) is 6.26 Å². The van der Waals surface area contributed by atoms with Gasteiger partial charge in [-0.3, -0.25) is 4.99 Å². The van der Waals surface area contributed by atoms with Crippen molar-refractivity contribution in [2.45, 2.75) is 26.3 Å². The van der Waals surface area contributed by atoms with Crippen LogP contribution >= 0.6 is 11.8 Å². The zero-order valence-electron chi connectivity index (χ0n) is 6.59. The minimum Gasteiger partial charge on any atom is -0.279 e. The molecule has 2 nitrogen and oxygen atoms in total. The highest BCUT2D eigenvalue weighted by molar-refractivity contribution is 8.13. The number of hydrogen-bond acceptors (Lipinski definition) is 3. The van der Waals surface area contributed by atoms with Crippen LogP contribution in [-0.4, -0.2) is 17.3 Å². The number of nitriles is 1. The first-order valence-corrected chi connectivity index (χ1v) is 4.40. The minimum atomic E-state index is 0.302. The Morgan fingerprint density at radius 1 is 1.70 bits per heavy atom. The van der Waals surface area contributed by atoms with E-state index in [0.29, 0.717) is 12.5 Å². The quantitative estimate of drug-likeness (QED) is 0.453. The lowest BCUT2D eigenvalue weighted by Crippen LogP contribution is -1.96. The van der Waals surface area contributed by atoms with Crippen LogP contribution in [0.4, 0.5) is 0 Å². The fraction of sp³-hybridized carbons (Fsp3) is 0.714. The third-order valence-corrected chi connectivity index (χ3v) is 1.59. The summed E-state index contributed by atoms with van der Waals surface area (Å²) < 4.78 is 0. The van der Waals surface area contributed by atoms with Crippen LogP contribution in [0.3, 0.4) is 0 Å². The average molecular weight is 156 g/mol. The number of rotatable bonds is 2. The second-order valence-corrected chi connectivity index (χ2v) is 3.04. The van der Waals surface area contributed by atoms with E-state index in [1.54, 1.807) is 11.8 Å². The molecule has 0 aromatic heterocycles.